The molecule has 0 fully saturated rings. The summed E-state index contributed by atoms with van der Waals surface area (Å²) in [4.78, 5) is 21.9. The van der Waals surface area contributed by atoms with E-state index in [0.717, 1.165) is 10.0 Å². The van der Waals surface area contributed by atoms with E-state index < -0.39 is 5.24 Å². The number of hydrogen-bond acceptors (Lipinski definition) is 3. The molecular weight excluding hydrogens is 295 g/mol. The molecule has 0 saturated carbocycles. The number of rotatable bonds is 4. The molecule has 1 aromatic rings. The number of methoxy groups -OCH3 is 1. The third kappa shape index (κ3) is 3.61. The lowest BCUT2D eigenvalue weighted by Crippen LogP contribution is -2.03. The Labute approximate surface area is 107 Å². The zero-order chi connectivity index (χ0) is 12.1. The van der Waals surface area contributed by atoms with E-state index in [9.17, 15) is 9.59 Å². The lowest BCUT2D eigenvalue weighted by Gasteiger charge is -2.05. The first-order valence-corrected chi connectivity index (χ1v) is 5.76. The van der Waals surface area contributed by atoms with Crippen molar-refractivity contribution in [2.45, 2.75) is 12.8 Å². The van der Waals surface area contributed by atoms with Gasteiger partial charge in [0.2, 0.25) is 0 Å². The maximum Gasteiger partial charge on any atom is 0.305 e. The van der Waals surface area contributed by atoms with E-state index in [2.05, 4.69) is 20.7 Å². The lowest BCUT2D eigenvalue weighted by molar-refractivity contribution is -0.140. The van der Waals surface area contributed by atoms with E-state index in [-0.39, 0.29) is 12.4 Å². The van der Waals surface area contributed by atoms with Crippen molar-refractivity contribution < 1.29 is 14.3 Å². The maximum atomic E-state index is 11.0. The molecule has 0 unspecified atom stereocenters. The predicted octanol–water partition coefficient (Wildman–Crippen LogP) is 2.93. The monoisotopic (exact) mass is 304 g/mol. The van der Waals surface area contributed by atoms with Gasteiger partial charge in [0.25, 0.3) is 5.24 Å². The summed E-state index contributed by atoms with van der Waals surface area (Å²) in [5.74, 6) is -0.283. The van der Waals surface area contributed by atoms with Crippen molar-refractivity contribution in [3.63, 3.8) is 0 Å². The fourth-order valence-corrected chi connectivity index (χ4v) is 1.79. The Morgan fingerprint density at radius 1 is 1.44 bits per heavy atom. The van der Waals surface area contributed by atoms with Crippen LogP contribution in [0.25, 0.3) is 0 Å². The molecule has 86 valence electrons. The van der Waals surface area contributed by atoms with E-state index in [1.54, 1.807) is 18.2 Å². The van der Waals surface area contributed by atoms with Crippen molar-refractivity contribution in [3.05, 3.63) is 33.8 Å². The molecule has 16 heavy (non-hydrogen) atoms. The first-order chi connectivity index (χ1) is 7.54. The van der Waals surface area contributed by atoms with Crippen LogP contribution < -0.4 is 0 Å². The topological polar surface area (TPSA) is 43.4 Å². The van der Waals surface area contributed by atoms with Gasteiger partial charge in [-0.25, -0.2) is 0 Å². The molecule has 0 bridgehead atoms. The molecule has 3 nitrogen and oxygen atoms in total. The molecule has 0 saturated heterocycles. The number of halogens is 2. The zero-order valence-electron chi connectivity index (χ0n) is 8.63. The van der Waals surface area contributed by atoms with Gasteiger partial charge in [-0.2, -0.15) is 0 Å². The highest BCUT2D eigenvalue weighted by Crippen LogP contribution is 2.21. The number of aryl methyl sites for hydroxylation is 1. The van der Waals surface area contributed by atoms with E-state index in [4.69, 9.17) is 11.6 Å². The second kappa shape index (κ2) is 6.01. The molecule has 0 N–H and O–H groups in total. The van der Waals surface area contributed by atoms with Gasteiger partial charge in [0.15, 0.2) is 0 Å². The van der Waals surface area contributed by atoms with Crippen LogP contribution in [0.3, 0.4) is 0 Å². The minimum absolute atomic E-state index is 0.273. The van der Waals surface area contributed by atoms with E-state index >= 15 is 0 Å². The van der Waals surface area contributed by atoms with Crippen LogP contribution in [0.2, 0.25) is 0 Å². The van der Waals surface area contributed by atoms with E-state index in [1.165, 1.54) is 7.11 Å². The van der Waals surface area contributed by atoms with Gasteiger partial charge in [-0.15, -0.1) is 0 Å². The highest BCUT2D eigenvalue weighted by Gasteiger charge is 2.08. The smallest absolute Gasteiger partial charge is 0.305 e. The van der Waals surface area contributed by atoms with Crippen molar-refractivity contribution in [2.24, 2.45) is 0 Å². The largest absolute Gasteiger partial charge is 0.469 e. The van der Waals surface area contributed by atoms with Crippen LogP contribution in [0.1, 0.15) is 22.3 Å². The van der Waals surface area contributed by atoms with Crippen LogP contribution in [0.15, 0.2) is 22.7 Å². The Kier molecular flexibility index (Phi) is 4.96. The number of hydrogen-bond donors (Lipinski definition) is 0. The molecule has 0 heterocycles. The van der Waals surface area contributed by atoms with Gasteiger partial charge in [0.1, 0.15) is 0 Å². The van der Waals surface area contributed by atoms with E-state index in [0.29, 0.717) is 12.0 Å². The van der Waals surface area contributed by atoms with Crippen molar-refractivity contribution >= 4 is 38.7 Å². The number of ether oxygens (including phenoxy) is 1. The zero-order valence-corrected chi connectivity index (χ0v) is 11.0. The first-order valence-electron chi connectivity index (χ1n) is 4.59. The van der Waals surface area contributed by atoms with Gasteiger partial charge >= 0.3 is 5.97 Å². The molecule has 0 aliphatic carbocycles. The van der Waals surface area contributed by atoms with Crippen LogP contribution in [-0.4, -0.2) is 18.3 Å². The van der Waals surface area contributed by atoms with Gasteiger partial charge < -0.3 is 4.74 Å². The van der Waals surface area contributed by atoms with Crippen molar-refractivity contribution in [1.82, 2.24) is 0 Å². The summed E-state index contributed by atoms with van der Waals surface area (Å²) < 4.78 is 5.39. The quantitative estimate of drug-likeness (QED) is 0.634. The fourth-order valence-electron chi connectivity index (χ4n) is 1.23. The SMILES string of the molecule is COC(=O)CCc1cc(C(=O)Cl)ccc1Br. The van der Waals surface area contributed by atoms with Crippen LogP contribution in [0.5, 0.6) is 0 Å². The Morgan fingerprint density at radius 3 is 2.69 bits per heavy atom. The number of benzene rings is 1. The third-order valence-corrected chi connectivity index (χ3v) is 3.09. The Morgan fingerprint density at radius 2 is 2.12 bits per heavy atom. The summed E-state index contributed by atoms with van der Waals surface area (Å²) in [5.41, 5.74) is 1.28. The van der Waals surface area contributed by atoms with Crippen LogP contribution >= 0.6 is 27.5 Å². The van der Waals surface area contributed by atoms with Crippen LogP contribution in [-0.2, 0) is 16.0 Å². The van der Waals surface area contributed by atoms with Gasteiger partial charge in [-0.05, 0) is 41.8 Å². The fraction of sp³-hybridized carbons (Fsp3) is 0.273. The van der Waals surface area contributed by atoms with Gasteiger partial charge in [-0.1, -0.05) is 15.9 Å². The second-order valence-electron chi connectivity index (χ2n) is 3.16. The summed E-state index contributed by atoms with van der Waals surface area (Å²) in [6, 6.07) is 5.03. The van der Waals surface area contributed by atoms with Crippen LogP contribution in [0, 0.1) is 0 Å². The molecular formula is C11H10BrClO3. The minimum atomic E-state index is -0.508. The first kappa shape index (κ1) is 13.2. The average Bonchev–Trinajstić information content (AvgIpc) is 2.27. The molecule has 0 atom stereocenters. The summed E-state index contributed by atoms with van der Waals surface area (Å²) in [6.07, 6.45) is 0.778. The highest BCUT2D eigenvalue weighted by atomic mass is 79.9. The summed E-state index contributed by atoms with van der Waals surface area (Å²) >= 11 is 8.72. The predicted molar refractivity (Wildman–Crippen MR) is 64.7 cm³/mol. The molecule has 0 amide bonds. The lowest BCUT2D eigenvalue weighted by atomic mass is 10.1. The molecule has 5 heteroatoms. The second-order valence-corrected chi connectivity index (χ2v) is 4.35. The normalized spacial score (nSPS) is 9.94. The van der Waals surface area contributed by atoms with Crippen molar-refractivity contribution in [1.29, 1.82) is 0 Å². The highest BCUT2D eigenvalue weighted by molar-refractivity contribution is 9.10. The standard InChI is InChI=1S/C11H10BrClO3/c1-16-10(14)5-3-7-6-8(11(13)15)2-4-9(7)12/h2,4,6H,3,5H2,1H3. The Bertz CT molecular complexity index is 418. The summed E-state index contributed by atoms with van der Waals surface area (Å²) in [7, 11) is 1.34. The molecule has 0 aliphatic rings. The minimum Gasteiger partial charge on any atom is -0.469 e. The molecule has 0 spiro atoms. The van der Waals surface area contributed by atoms with Gasteiger partial charge in [-0.3, -0.25) is 9.59 Å². The van der Waals surface area contributed by atoms with Gasteiger partial charge in [0, 0.05) is 16.5 Å². The van der Waals surface area contributed by atoms with Crippen molar-refractivity contribution in [2.75, 3.05) is 7.11 Å². The molecule has 0 aromatic heterocycles. The number of carbonyl (C=O) groups excluding carboxylic acids is 2. The molecule has 1 aromatic carbocycles. The number of carbonyl (C=O) groups is 2. The maximum absolute atomic E-state index is 11.0. The third-order valence-electron chi connectivity index (χ3n) is 2.10. The Balaban J connectivity index is 2.82. The van der Waals surface area contributed by atoms with Gasteiger partial charge in [0.05, 0.1) is 7.11 Å². The molecule has 0 radical (unpaired) electrons. The van der Waals surface area contributed by atoms with E-state index in [1.807, 2.05) is 0 Å². The summed E-state index contributed by atoms with van der Waals surface area (Å²) in [5, 5.41) is -0.508. The molecule has 1 rings (SSSR count). The Hall–Kier alpha value is -0.870. The summed E-state index contributed by atoms with van der Waals surface area (Å²) in [6.45, 7) is 0. The van der Waals surface area contributed by atoms with Crippen molar-refractivity contribution in [3.8, 4) is 0 Å². The average molecular weight is 306 g/mol. The number of esters is 1. The van der Waals surface area contributed by atoms with Crippen LogP contribution in [0.4, 0.5) is 0 Å². The molecule has 0 aliphatic heterocycles.